The Bertz CT molecular complexity index is 2970. The predicted octanol–water partition coefficient (Wildman–Crippen LogP) is 11.6. The first kappa shape index (κ1) is 30.2. The Hall–Kier alpha value is -6.48. The largest absolute Gasteiger partial charge is 0.358 e. The molecule has 9 aromatic carbocycles. The van der Waals surface area contributed by atoms with Crippen LogP contribution in [-0.4, -0.2) is 13.2 Å². The van der Waals surface area contributed by atoms with Gasteiger partial charge < -0.3 is 4.23 Å². The van der Waals surface area contributed by atoms with Crippen LogP contribution in [0.5, 0.6) is 0 Å². The van der Waals surface area contributed by atoms with Gasteiger partial charge in [0.15, 0.2) is 0 Å². The quantitative estimate of drug-likeness (QED) is 0.159. The Morgan fingerprint density at radius 1 is 0.377 bits per heavy atom. The molecule has 1 aromatic heterocycles. The number of hydrogen-bond acceptors (Lipinski definition) is 0. The van der Waals surface area contributed by atoms with E-state index < -0.39 is 8.96 Å². The summed E-state index contributed by atoms with van der Waals surface area (Å²) < 4.78 is 2.72. The monoisotopic (exact) mass is 688 g/mol. The van der Waals surface area contributed by atoms with E-state index in [1.807, 2.05) is 0 Å². The van der Waals surface area contributed by atoms with Gasteiger partial charge in [0.25, 0.3) is 0 Å². The minimum atomic E-state index is -1.44. The number of aromatic nitrogens is 1. The van der Waals surface area contributed by atoms with E-state index in [9.17, 15) is 0 Å². The molecule has 0 fully saturated rings. The van der Waals surface area contributed by atoms with Crippen LogP contribution in [0.3, 0.4) is 0 Å². The molecule has 1 aliphatic carbocycles. The third kappa shape index (κ3) is 4.69. The van der Waals surface area contributed by atoms with Crippen molar-refractivity contribution in [3.63, 3.8) is 0 Å². The lowest BCUT2D eigenvalue weighted by Gasteiger charge is -2.21. The van der Waals surface area contributed by atoms with Gasteiger partial charge >= 0.3 is 0 Å². The van der Waals surface area contributed by atoms with Crippen LogP contribution in [0, 0.1) is 0 Å². The SMILES string of the molecule is c1ccc([Si](c2ccccc2)n2c3ccccc3c3ccc4cc5c(cc4c32)C(c2cccc(-c3cccc4ccccc34)c2)c2ccccc2-5)cc1. The molecule has 53 heavy (non-hydrogen) atoms. The van der Waals surface area contributed by atoms with E-state index in [-0.39, 0.29) is 5.92 Å². The number of rotatable bonds is 5. The Balaban J connectivity index is 1.19. The van der Waals surface area contributed by atoms with Gasteiger partial charge in [-0.15, -0.1) is 0 Å². The Labute approximate surface area is 310 Å². The van der Waals surface area contributed by atoms with Gasteiger partial charge in [-0.3, -0.25) is 0 Å². The lowest BCUT2D eigenvalue weighted by atomic mass is 9.86. The number of benzene rings is 9. The molecule has 1 unspecified atom stereocenters. The Morgan fingerprint density at radius 2 is 1.04 bits per heavy atom. The van der Waals surface area contributed by atoms with Crippen molar-refractivity contribution in [2.24, 2.45) is 0 Å². The number of hydrogen-bond donors (Lipinski definition) is 0. The van der Waals surface area contributed by atoms with E-state index in [0.717, 1.165) is 0 Å². The summed E-state index contributed by atoms with van der Waals surface area (Å²) in [5.41, 5.74) is 11.9. The molecule has 11 rings (SSSR count). The Morgan fingerprint density at radius 3 is 1.87 bits per heavy atom. The maximum Gasteiger partial charge on any atom is 0.247 e. The summed E-state index contributed by atoms with van der Waals surface area (Å²) >= 11 is 0. The maximum absolute atomic E-state index is 2.72. The highest BCUT2D eigenvalue weighted by Gasteiger charge is 2.32. The minimum Gasteiger partial charge on any atom is -0.358 e. The van der Waals surface area contributed by atoms with Crippen molar-refractivity contribution in [1.29, 1.82) is 0 Å². The second kappa shape index (κ2) is 12.1. The zero-order valence-corrected chi connectivity index (χ0v) is 30.1. The molecule has 2 heteroatoms. The van der Waals surface area contributed by atoms with Crippen molar-refractivity contribution >= 4 is 62.7 Å². The highest BCUT2D eigenvalue weighted by Crippen LogP contribution is 2.50. The summed E-state index contributed by atoms with van der Waals surface area (Å²) in [6.45, 7) is 0. The van der Waals surface area contributed by atoms with Crippen molar-refractivity contribution in [3.8, 4) is 22.3 Å². The third-order valence-electron chi connectivity index (χ3n) is 11.3. The second-order valence-corrected chi connectivity index (χ2v) is 16.5. The molecule has 247 valence electrons. The van der Waals surface area contributed by atoms with E-state index in [1.165, 1.54) is 92.7 Å². The van der Waals surface area contributed by atoms with Crippen LogP contribution in [-0.2, 0) is 0 Å². The highest BCUT2D eigenvalue weighted by atomic mass is 28.3. The summed E-state index contributed by atoms with van der Waals surface area (Å²) in [7, 11) is -1.44. The second-order valence-electron chi connectivity index (χ2n) is 14.2. The first-order chi connectivity index (χ1) is 26.3. The van der Waals surface area contributed by atoms with Gasteiger partial charge in [-0.25, -0.2) is 0 Å². The fraction of sp³-hybridized carbons (Fsp3) is 0.0196. The van der Waals surface area contributed by atoms with Gasteiger partial charge in [-0.05, 0) is 83.7 Å². The highest BCUT2D eigenvalue weighted by molar-refractivity contribution is 6.85. The average molecular weight is 689 g/mol. The molecule has 1 atom stereocenters. The molecule has 0 saturated heterocycles. The van der Waals surface area contributed by atoms with E-state index in [0.29, 0.717) is 0 Å². The molecule has 0 saturated carbocycles. The number of fused-ring (bicyclic) bond motifs is 9. The maximum atomic E-state index is 2.72. The Kier molecular flexibility index (Phi) is 6.86. The summed E-state index contributed by atoms with van der Waals surface area (Å²) in [5, 5.41) is 10.5. The number of nitrogens with zero attached hydrogens (tertiary/aromatic N) is 1. The molecule has 1 heterocycles. The van der Waals surface area contributed by atoms with Gasteiger partial charge in [0, 0.05) is 33.1 Å². The van der Waals surface area contributed by atoms with E-state index in [2.05, 4.69) is 204 Å². The van der Waals surface area contributed by atoms with Crippen LogP contribution >= 0.6 is 0 Å². The molecule has 0 aliphatic heterocycles. The number of para-hydroxylation sites is 1. The molecule has 1 radical (unpaired) electrons. The molecular formula is C51H34NSi. The summed E-state index contributed by atoms with van der Waals surface area (Å²) in [5.74, 6) is 0.127. The fourth-order valence-electron chi connectivity index (χ4n) is 9.05. The lowest BCUT2D eigenvalue weighted by molar-refractivity contribution is 1.02. The average Bonchev–Trinajstić information content (AvgIpc) is 3.73. The minimum absolute atomic E-state index is 0.127. The van der Waals surface area contributed by atoms with Gasteiger partial charge in [0.05, 0.1) is 0 Å². The summed E-state index contributed by atoms with van der Waals surface area (Å²) in [6, 6.07) is 74.8. The van der Waals surface area contributed by atoms with Gasteiger partial charge in [-0.2, -0.15) is 0 Å². The summed E-state index contributed by atoms with van der Waals surface area (Å²) in [4.78, 5) is 0. The van der Waals surface area contributed by atoms with Gasteiger partial charge in [0.2, 0.25) is 8.96 Å². The smallest absolute Gasteiger partial charge is 0.247 e. The predicted molar refractivity (Wildman–Crippen MR) is 226 cm³/mol. The molecule has 1 aliphatic rings. The van der Waals surface area contributed by atoms with E-state index in [1.54, 1.807) is 0 Å². The normalized spacial score (nSPS) is 13.6. The van der Waals surface area contributed by atoms with Crippen molar-refractivity contribution in [2.75, 3.05) is 0 Å². The van der Waals surface area contributed by atoms with Crippen molar-refractivity contribution < 1.29 is 0 Å². The fourth-order valence-corrected chi connectivity index (χ4v) is 11.8. The molecule has 10 aromatic rings. The zero-order valence-electron chi connectivity index (χ0n) is 29.1. The third-order valence-corrected chi connectivity index (χ3v) is 14.0. The van der Waals surface area contributed by atoms with E-state index >= 15 is 0 Å². The van der Waals surface area contributed by atoms with Crippen molar-refractivity contribution in [1.82, 2.24) is 4.23 Å². The van der Waals surface area contributed by atoms with Crippen LogP contribution in [0.25, 0.3) is 65.6 Å². The van der Waals surface area contributed by atoms with Gasteiger partial charge in [-0.1, -0.05) is 182 Å². The van der Waals surface area contributed by atoms with Gasteiger partial charge in [0.1, 0.15) is 0 Å². The summed E-state index contributed by atoms with van der Waals surface area (Å²) in [6.07, 6.45) is 0. The van der Waals surface area contributed by atoms with Crippen molar-refractivity contribution in [2.45, 2.75) is 5.92 Å². The molecule has 0 N–H and O–H groups in total. The van der Waals surface area contributed by atoms with Crippen molar-refractivity contribution in [3.05, 3.63) is 217 Å². The first-order valence-corrected chi connectivity index (χ1v) is 19.9. The topological polar surface area (TPSA) is 4.93 Å². The van der Waals surface area contributed by atoms with Crippen LogP contribution in [0.2, 0.25) is 0 Å². The first-order valence-electron chi connectivity index (χ1n) is 18.5. The standard InChI is InChI=1S/C51H34NSi/c1-3-19-38(20-4-1)53(39-21-5-2-6-22-39)52-49-28-12-11-25-43(49)45-30-29-36-32-47-42-24-9-10-26-44(42)50(48(47)33-46(36)51(45)52)37-18-13-17-35(31-37)41-27-14-16-34-15-7-8-23-40(34)41/h1-33,50H. The molecular weight excluding hydrogens is 655 g/mol. The van der Waals surface area contributed by atoms with Crippen LogP contribution in [0.4, 0.5) is 0 Å². The molecule has 0 spiro atoms. The molecule has 0 bridgehead atoms. The van der Waals surface area contributed by atoms with Crippen LogP contribution in [0.15, 0.2) is 200 Å². The molecule has 1 nitrogen and oxygen atoms in total. The lowest BCUT2D eigenvalue weighted by Crippen LogP contribution is -2.48. The van der Waals surface area contributed by atoms with Crippen LogP contribution in [0.1, 0.15) is 22.6 Å². The molecule has 0 amide bonds. The zero-order chi connectivity index (χ0) is 34.9. The van der Waals surface area contributed by atoms with E-state index in [4.69, 9.17) is 0 Å². The van der Waals surface area contributed by atoms with Crippen LogP contribution < -0.4 is 10.4 Å².